The lowest BCUT2D eigenvalue weighted by Crippen LogP contribution is -2.28. The van der Waals surface area contributed by atoms with Gasteiger partial charge < -0.3 is 10.0 Å². The zero-order valence-electron chi connectivity index (χ0n) is 7.88. The van der Waals surface area contributed by atoms with E-state index < -0.39 is 15.8 Å². The fourth-order valence-corrected chi connectivity index (χ4v) is 3.19. The molecule has 1 aliphatic rings. The van der Waals surface area contributed by atoms with Gasteiger partial charge in [0.15, 0.2) is 9.84 Å². The Hall–Kier alpha value is -1.04. The number of aliphatic carboxylic acids is 1. The van der Waals surface area contributed by atoms with Gasteiger partial charge in [-0.25, -0.2) is 13.2 Å². The number of nitrogens with zero attached hydrogens (tertiary/aromatic N) is 1. The van der Waals surface area contributed by atoms with Crippen LogP contribution in [0.15, 0.2) is 12.3 Å². The average molecular weight is 219 g/mol. The molecule has 1 unspecified atom stereocenters. The molecule has 1 fully saturated rings. The third-order valence-electron chi connectivity index (χ3n) is 2.24. The van der Waals surface area contributed by atoms with E-state index >= 15 is 0 Å². The highest BCUT2D eigenvalue weighted by molar-refractivity contribution is 7.91. The van der Waals surface area contributed by atoms with Crippen molar-refractivity contribution in [1.82, 2.24) is 4.90 Å². The van der Waals surface area contributed by atoms with Crippen LogP contribution in [0, 0.1) is 0 Å². The molecule has 6 heteroatoms. The molecule has 1 saturated heterocycles. The van der Waals surface area contributed by atoms with Crippen LogP contribution in [0.5, 0.6) is 0 Å². The Bertz CT molecular complexity index is 346. The van der Waals surface area contributed by atoms with Crippen LogP contribution in [-0.2, 0) is 14.6 Å². The lowest BCUT2D eigenvalue weighted by atomic mass is 10.2. The van der Waals surface area contributed by atoms with E-state index in [0.717, 1.165) is 6.08 Å². The Labute approximate surface area is 82.9 Å². The maximum Gasteiger partial charge on any atom is 0.329 e. The van der Waals surface area contributed by atoms with Crippen LogP contribution in [0.2, 0.25) is 0 Å². The third kappa shape index (κ3) is 3.02. The summed E-state index contributed by atoms with van der Waals surface area (Å²) < 4.78 is 22.2. The summed E-state index contributed by atoms with van der Waals surface area (Å²) in [6.45, 7) is 0. The maximum atomic E-state index is 11.1. The van der Waals surface area contributed by atoms with Gasteiger partial charge in [-0.05, 0) is 6.42 Å². The van der Waals surface area contributed by atoms with Gasteiger partial charge in [0.1, 0.15) is 0 Å². The summed E-state index contributed by atoms with van der Waals surface area (Å²) in [5.74, 6) is -0.714. The summed E-state index contributed by atoms with van der Waals surface area (Å²) in [7, 11) is -1.22. The molecule has 0 spiro atoms. The van der Waals surface area contributed by atoms with Crippen molar-refractivity contribution in [3.63, 3.8) is 0 Å². The summed E-state index contributed by atoms with van der Waals surface area (Å²) in [5.41, 5.74) is 0. The van der Waals surface area contributed by atoms with E-state index in [1.165, 1.54) is 6.20 Å². The lowest BCUT2D eigenvalue weighted by molar-refractivity contribution is -0.131. The number of carboxylic acid groups (broad SMARTS) is 1. The van der Waals surface area contributed by atoms with Gasteiger partial charge in [0.05, 0.1) is 11.5 Å². The standard InChI is InChI=1S/C8H13NO4S/c1-9(4-2-8(10)11)7-3-5-14(12,13)6-7/h2,4,7H,3,5-6H2,1H3,(H,10,11). The first-order chi connectivity index (χ1) is 6.41. The van der Waals surface area contributed by atoms with E-state index in [1.54, 1.807) is 11.9 Å². The molecular formula is C8H13NO4S. The molecule has 0 amide bonds. The van der Waals surface area contributed by atoms with Gasteiger partial charge in [0.25, 0.3) is 0 Å². The van der Waals surface area contributed by atoms with Gasteiger partial charge >= 0.3 is 5.97 Å². The molecule has 14 heavy (non-hydrogen) atoms. The molecule has 0 bridgehead atoms. The van der Waals surface area contributed by atoms with Crippen molar-refractivity contribution in [2.45, 2.75) is 12.5 Å². The Balaban J connectivity index is 2.56. The summed E-state index contributed by atoms with van der Waals surface area (Å²) >= 11 is 0. The number of hydrogen-bond acceptors (Lipinski definition) is 4. The minimum absolute atomic E-state index is 0.0874. The monoisotopic (exact) mass is 219 g/mol. The summed E-state index contributed by atoms with van der Waals surface area (Å²) in [6, 6.07) is -0.0874. The molecule has 1 N–H and O–H groups in total. The predicted octanol–water partition coefficient (Wildman–Crippen LogP) is -0.296. The van der Waals surface area contributed by atoms with E-state index in [4.69, 9.17) is 5.11 Å². The van der Waals surface area contributed by atoms with Crippen LogP contribution < -0.4 is 0 Å². The van der Waals surface area contributed by atoms with Gasteiger partial charge in [-0.1, -0.05) is 0 Å². The van der Waals surface area contributed by atoms with Gasteiger partial charge in [-0.15, -0.1) is 0 Å². The number of sulfone groups is 1. The zero-order chi connectivity index (χ0) is 10.8. The topological polar surface area (TPSA) is 74.7 Å². The molecule has 0 radical (unpaired) electrons. The second-order valence-electron chi connectivity index (χ2n) is 3.38. The second-order valence-corrected chi connectivity index (χ2v) is 5.61. The largest absolute Gasteiger partial charge is 0.478 e. The number of carbonyl (C=O) groups is 1. The highest BCUT2D eigenvalue weighted by Crippen LogP contribution is 2.16. The number of hydrogen-bond donors (Lipinski definition) is 1. The summed E-state index contributed by atoms with van der Waals surface area (Å²) in [4.78, 5) is 11.9. The average Bonchev–Trinajstić information content (AvgIpc) is 2.41. The van der Waals surface area contributed by atoms with Crippen molar-refractivity contribution in [2.24, 2.45) is 0 Å². The Morgan fingerprint density at radius 1 is 1.57 bits per heavy atom. The van der Waals surface area contributed by atoms with Crippen molar-refractivity contribution < 1.29 is 18.3 Å². The first-order valence-electron chi connectivity index (χ1n) is 4.24. The fourth-order valence-electron chi connectivity index (χ4n) is 1.40. The van der Waals surface area contributed by atoms with Crippen LogP contribution in [0.25, 0.3) is 0 Å². The predicted molar refractivity (Wildman–Crippen MR) is 51.6 cm³/mol. The Kier molecular flexibility index (Phi) is 3.15. The van der Waals surface area contributed by atoms with E-state index in [1.807, 2.05) is 0 Å². The van der Waals surface area contributed by atoms with E-state index in [2.05, 4.69) is 0 Å². The molecular weight excluding hydrogens is 206 g/mol. The second kappa shape index (κ2) is 4.00. The molecule has 0 aromatic heterocycles. The van der Waals surface area contributed by atoms with Crippen molar-refractivity contribution in [1.29, 1.82) is 0 Å². The van der Waals surface area contributed by atoms with E-state index in [-0.39, 0.29) is 17.5 Å². The van der Waals surface area contributed by atoms with Gasteiger partial charge in [-0.2, -0.15) is 0 Å². The molecule has 0 aromatic rings. The molecule has 0 aromatic carbocycles. The highest BCUT2D eigenvalue weighted by Gasteiger charge is 2.29. The fraction of sp³-hybridized carbons (Fsp3) is 0.625. The maximum absolute atomic E-state index is 11.1. The Morgan fingerprint density at radius 2 is 2.21 bits per heavy atom. The molecule has 80 valence electrons. The van der Waals surface area contributed by atoms with E-state index in [0.29, 0.717) is 6.42 Å². The minimum Gasteiger partial charge on any atom is -0.478 e. The smallest absolute Gasteiger partial charge is 0.329 e. The number of carboxylic acids is 1. The van der Waals surface area contributed by atoms with Gasteiger partial charge in [-0.3, -0.25) is 0 Å². The Morgan fingerprint density at radius 3 is 2.64 bits per heavy atom. The van der Waals surface area contributed by atoms with Gasteiger partial charge in [0.2, 0.25) is 0 Å². The minimum atomic E-state index is -2.90. The molecule has 1 rings (SSSR count). The van der Waals surface area contributed by atoms with Gasteiger partial charge in [0, 0.05) is 25.4 Å². The van der Waals surface area contributed by atoms with Crippen molar-refractivity contribution in [2.75, 3.05) is 18.6 Å². The van der Waals surface area contributed by atoms with Crippen LogP contribution in [0.4, 0.5) is 0 Å². The number of rotatable bonds is 3. The normalized spacial score (nSPS) is 25.4. The molecule has 1 atom stereocenters. The quantitative estimate of drug-likeness (QED) is 0.660. The van der Waals surface area contributed by atoms with Crippen molar-refractivity contribution >= 4 is 15.8 Å². The molecule has 0 aliphatic carbocycles. The first kappa shape index (κ1) is 11.0. The first-order valence-corrected chi connectivity index (χ1v) is 6.06. The third-order valence-corrected chi connectivity index (χ3v) is 3.99. The van der Waals surface area contributed by atoms with Crippen LogP contribution in [0.3, 0.4) is 0 Å². The lowest BCUT2D eigenvalue weighted by Gasteiger charge is -2.20. The van der Waals surface area contributed by atoms with Crippen molar-refractivity contribution in [3.8, 4) is 0 Å². The van der Waals surface area contributed by atoms with E-state index in [9.17, 15) is 13.2 Å². The molecule has 1 heterocycles. The van der Waals surface area contributed by atoms with Crippen LogP contribution in [-0.4, -0.2) is 49.0 Å². The zero-order valence-corrected chi connectivity index (χ0v) is 8.70. The molecule has 0 saturated carbocycles. The SMILES string of the molecule is CN(C=CC(=O)O)C1CCS(=O)(=O)C1. The van der Waals surface area contributed by atoms with Crippen LogP contribution in [0.1, 0.15) is 6.42 Å². The van der Waals surface area contributed by atoms with Crippen LogP contribution >= 0.6 is 0 Å². The molecule has 5 nitrogen and oxygen atoms in total. The highest BCUT2D eigenvalue weighted by atomic mass is 32.2. The summed E-state index contributed by atoms with van der Waals surface area (Å²) in [6.07, 6.45) is 2.97. The van der Waals surface area contributed by atoms with Crippen molar-refractivity contribution in [3.05, 3.63) is 12.3 Å². The molecule has 1 aliphatic heterocycles. The summed E-state index contributed by atoms with van der Waals surface area (Å²) in [5, 5.41) is 8.38.